The van der Waals surface area contributed by atoms with Crippen LogP contribution in [0, 0.1) is 5.92 Å². The van der Waals surface area contributed by atoms with Gasteiger partial charge in [-0.2, -0.15) is 0 Å². The summed E-state index contributed by atoms with van der Waals surface area (Å²) in [5.74, 6) is 0.535. The third kappa shape index (κ3) is 2.95. The predicted octanol–water partition coefficient (Wildman–Crippen LogP) is 3.28. The second kappa shape index (κ2) is 7.20. The van der Waals surface area contributed by atoms with Crippen LogP contribution in [-0.2, 0) is 22.6 Å². The standard InChI is InChI=1S/C24H25N3O3/c1-26-22(28)13-18(23(26)15-6-4-3-5-7-15)24(29)27-11-10-21-19(14-27)17-12-16(30-2)8-9-20(17)25-21/h3-9,12,18,23,25H,10-11,13-14H2,1-2H3. The Balaban J connectivity index is 1.45. The third-order valence-electron chi connectivity index (χ3n) is 6.54. The molecule has 0 spiro atoms. The molecular formula is C24H25N3O3. The maximum absolute atomic E-state index is 13.6. The maximum atomic E-state index is 13.6. The van der Waals surface area contributed by atoms with E-state index in [1.54, 1.807) is 19.1 Å². The number of ether oxygens (including phenoxy) is 1. The highest BCUT2D eigenvalue weighted by atomic mass is 16.5. The van der Waals surface area contributed by atoms with Crippen molar-refractivity contribution in [3.8, 4) is 5.75 Å². The molecule has 1 fully saturated rings. The van der Waals surface area contributed by atoms with Gasteiger partial charge in [0.25, 0.3) is 0 Å². The normalized spacial score (nSPS) is 21.2. The number of aromatic amines is 1. The van der Waals surface area contributed by atoms with Gasteiger partial charge in [0.05, 0.1) is 19.1 Å². The molecule has 3 heterocycles. The molecule has 0 radical (unpaired) electrons. The SMILES string of the molecule is COc1ccc2[nH]c3c(c2c1)CN(C(=O)C1CC(=O)N(C)C1c1ccccc1)CC3. The minimum atomic E-state index is -0.355. The summed E-state index contributed by atoms with van der Waals surface area (Å²) in [6.45, 7) is 1.21. The van der Waals surface area contributed by atoms with Crippen molar-refractivity contribution in [3.63, 3.8) is 0 Å². The molecule has 1 N–H and O–H groups in total. The molecule has 0 aliphatic carbocycles. The Labute approximate surface area is 175 Å². The van der Waals surface area contributed by atoms with Crippen LogP contribution < -0.4 is 4.74 Å². The van der Waals surface area contributed by atoms with E-state index in [9.17, 15) is 9.59 Å². The molecule has 2 aliphatic rings. The lowest BCUT2D eigenvalue weighted by atomic mass is 9.91. The minimum Gasteiger partial charge on any atom is -0.497 e. The molecule has 1 saturated heterocycles. The third-order valence-corrected chi connectivity index (χ3v) is 6.54. The van der Waals surface area contributed by atoms with Crippen molar-refractivity contribution in [2.75, 3.05) is 20.7 Å². The molecule has 1 aromatic heterocycles. The zero-order valence-corrected chi connectivity index (χ0v) is 17.2. The number of H-pyrrole nitrogens is 1. The molecule has 2 aliphatic heterocycles. The molecule has 2 aromatic carbocycles. The van der Waals surface area contributed by atoms with Crippen molar-refractivity contribution in [3.05, 3.63) is 65.4 Å². The van der Waals surface area contributed by atoms with Gasteiger partial charge in [0, 0.05) is 55.1 Å². The second-order valence-corrected chi connectivity index (χ2v) is 8.17. The van der Waals surface area contributed by atoms with E-state index in [-0.39, 0.29) is 30.2 Å². The Hall–Kier alpha value is -3.28. The van der Waals surface area contributed by atoms with E-state index >= 15 is 0 Å². The van der Waals surface area contributed by atoms with E-state index in [0.29, 0.717) is 13.1 Å². The number of benzene rings is 2. The van der Waals surface area contributed by atoms with E-state index in [1.807, 2.05) is 53.4 Å². The first kappa shape index (κ1) is 18.7. The van der Waals surface area contributed by atoms with Crippen LogP contribution in [0.2, 0.25) is 0 Å². The summed E-state index contributed by atoms with van der Waals surface area (Å²) in [6, 6.07) is 15.6. The highest BCUT2D eigenvalue weighted by molar-refractivity contribution is 5.91. The molecule has 30 heavy (non-hydrogen) atoms. The fraction of sp³-hybridized carbons (Fsp3) is 0.333. The zero-order valence-electron chi connectivity index (χ0n) is 17.2. The Morgan fingerprint density at radius 2 is 1.97 bits per heavy atom. The largest absolute Gasteiger partial charge is 0.497 e. The number of aromatic nitrogens is 1. The first-order valence-corrected chi connectivity index (χ1v) is 10.3. The summed E-state index contributed by atoms with van der Waals surface area (Å²) in [5.41, 5.74) is 4.41. The number of methoxy groups -OCH3 is 1. The molecule has 154 valence electrons. The number of hydrogen-bond donors (Lipinski definition) is 1. The zero-order chi connectivity index (χ0) is 20.8. The predicted molar refractivity (Wildman–Crippen MR) is 114 cm³/mol. The van der Waals surface area contributed by atoms with Crippen LogP contribution in [0.3, 0.4) is 0 Å². The number of rotatable bonds is 3. The van der Waals surface area contributed by atoms with E-state index in [4.69, 9.17) is 4.74 Å². The van der Waals surface area contributed by atoms with E-state index in [0.717, 1.165) is 34.2 Å². The van der Waals surface area contributed by atoms with Crippen molar-refractivity contribution in [2.24, 2.45) is 5.92 Å². The fourth-order valence-corrected chi connectivity index (χ4v) is 4.94. The van der Waals surface area contributed by atoms with Crippen LogP contribution in [0.1, 0.15) is 29.3 Å². The summed E-state index contributed by atoms with van der Waals surface area (Å²) in [5, 5.41) is 1.10. The average molecular weight is 403 g/mol. The van der Waals surface area contributed by atoms with Crippen LogP contribution in [-0.4, -0.2) is 47.3 Å². The molecule has 2 amide bonds. The molecular weight excluding hydrogens is 378 g/mol. The molecule has 5 rings (SSSR count). The minimum absolute atomic E-state index is 0.0248. The molecule has 6 nitrogen and oxygen atoms in total. The van der Waals surface area contributed by atoms with Crippen LogP contribution in [0.15, 0.2) is 48.5 Å². The molecule has 2 unspecified atom stereocenters. The number of likely N-dealkylation sites (tertiary alicyclic amines) is 1. The maximum Gasteiger partial charge on any atom is 0.228 e. The molecule has 6 heteroatoms. The Morgan fingerprint density at radius 3 is 2.73 bits per heavy atom. The lowest BCUT2D eigenvalue weighted by Gasteiger charge is -2.32. The second-order valence-electron chi connectivity index (χ2n) is 8.17. The van der Waals surface area contributed by atoms with Crippen molar-refractivity contribution >= 4 is 22.7 Å². The number of nitrogens with one attached hydrogen (secondary N) is 1. The number of hydrogen-bond acceptors (Lipinski definition) is 3. The van der Waals surface area contributed by atoms with Gasteiger partial charge in [-0.25, -0.2) is 0 Å². The van der Waals surface area contributed by atoms with Crippen molar-refractivity contribution in [1.82, 2.24) is 14.8 Å². The van der Waals surface area contributed by atoms with E-state index in [2.05, 4.69) is 4.98 Å². The van der Waals surface area contributed by atoms with Crippen LogP contribution in [0.25, 0.3) is 10.9 Å². The van der Waals surface area contributed by atoms with Crippen LogP contribution >= 0.6 is 0 Å². The Bertz CT molecular complexity index is 1120. The van der Waals surface area contributed by atoms with Gasteiger partial charge in [0.1, 0.15) is 5.75 Å². The van der Waals surface area contributed by atoms with Gasteiger partial charge in [-0.05, 0) is 23.8 Å². The lowest BCUT2D eigenvalue weighted by molar-refractivity contribution is -0.137. The van der Waals surface area contributed by atoms with Crippen molar-refractivity contribution in [2.45, 2.75) is 25.4 Å². The molecule has 2 atom stereocenters. The molecule has 0 bridgehead atoms. The van der Waals surface area contributed by atoms with E-state index < -0.39 is 0 Å². The van der Waals surface area contributed by atoms with Gasteiger partial charge in [-0.15, -0.1) is 0 Å². The fourth-order valence-electron chi connectivity index (χ4n) is 4.94. The highest BCUT2D eigenvalue weighted by Crippen LogP contribution is 2.39. The van der Waals surface area contributed by atoms with Gasteiger partial charge in [0.15, 0.2) is 0 Å². The van der Waals surface area contributed by atoms with Gasteiger partial charge < -0.3 is 19.5 Å². The van der Waals surface area contributed by atoms with Crippen molar-refractivity contribution < 1.29 is 14.3 Å². The average Bonchev–Trinajstić information content (AvgIpc) is 3.29. The number of amides is 2. The van der Waals surface area contributed by atoms with Gasteiger partial charge in [-0.1, -0.05) is 30.3 Å². The summed E-state index contributed by atoms with van der Waals surface area (Å²) in [4.78, 5) is 33.2. The van der Waals surface area contributed by atoms with Crippen LogP contribution in [0.5, 0.6) is 5.75 Å². The smallest absolute Gasteiger partial charge is 0.228 e. The molecule has 3 aromatic rings. The van der Waals surface area contributed by atoms with Gasteiger partial charge in [0.2, 0.25) is 11.8 Å². The number of carbonyl (C=O) groups excluding carboxylic acids is 2. The topological polar surface area (TPSA) is 65.6 Å². The Kier molecular flexibility index (Phi) is 4.50. The van der Waals surface area contributed by atoms with Gasteiger partial charge in [-0.3, -0.25) is 9.59 Å². The number of nitrogens with zero attached hydrogens (tertiary/aromatic N) is 2. The van der Waals surface area contributed by atoms with Gasteiger partial charge >= 0.3 is 0 Å². The lowest BCUT2D eigenvalue weighted by Crippen LogP contribution is -2.41. The van der Waals surface area contributed by atoms with E-state index in [1.165, 1.54) is 5.69 Å². The number of carbonyl (C=O) groups is 2. The summed E-state index contributed by atoms with van der Waals surface area (Å²) in [6.07, 6.45) is 1.05. The summed E-state index contributed by atoms with van der Waals surface area (Å²) in [7, 11) is 3.46. The monoisotopic (exact) mass is 403 g/mol. The molecule has 0 saturated carbocycles. The van der Waals surface area contributed by atoms with Crippen LogP contribution in [0.4, 0.5) is 0 Å². The number of fused-ring (bicyclic) bond motifs is 3. The van der Waals surface area contributed by atoms with Crippen molar-refractivity contribution in [1.29, 1.82) is 0 Å². The first-order chi connectivity index (χ1) is 14.6. The highest BCUT2D eigenvalue weighted by Gasteiger charge is 2.44. The summed E-state index contributed by atoms with van der Waals surface area (Å²) >= 11 is 0. The quantitative estimate of drug-likeness (QED) is 0.730. The summed E-state index contributed by atoms with van der Waals surface area (Å²) < 4.78 is 5.39. The first-order valence-electron chi connectivity index (χ1n) is 10.3. The Morgan fingerprint density at radius 1 is 1.17 bits per heavy atom.